The molecule has 0 aliphatic rings. The van der Waals surface area contributed by atoms with Crippen LogP contribution < -0.4 is 0 Å². The Hall–Kier alpha value is -1.40. The highest BCUT2D eigenvalue weighted by atomic mass is 32.1. The van der Waals surface area contributed by atoms with Gasteiger partial charge in [-0.1, -0.05) is 18.2 Å². The molecule has 2 aromatic rings. The van der Waals surface area contributed by atoms with E-state index < -0.39 is 11.7 Å². The maximum Gasteiger partial charge on any atom is 0.416 e. The summed E-state index contributed by atoms with van der Waals surface area (Å²) in [4.78, 5) is 4.39. The maximum atomic E-state index is 12.6. The standard InChI is InChI=1S/C14H14F3NOS/c1-19-6-5-12-9-20-13(18-12)8-10-3-2-4-11(7-10)14(15,16)17/h2-4,7,9H,5-6,8H2,1H3. The van der Waals surface area contributed by atoms with E-state index in [1.807, 2.05) is 5.38 Å². The predicted octanol–water partition coefficient (Wildman–Crippen LogP) is 3.94. The second-order valence-electron chi connectivity index (χ2n) is 4.35. The van der Waals surface area contributed by atoms with E-state index in [1.54, 1.807) is 13.2 Å². The molecular weight excluding hydrogens is 287 g/mol. The fourth-order valence-corrected chi connectivity index (χ4v) is 2.65. The van der Waals surface area contributed by atoms with Gasteiger partial charge in [-0.25, -0.2) is 4.98 Å². The van der Waals surface area contributed by atoms with E-state index in [0.717, 1.165) is 23.2 Å². The van der Waals surface area contributed by atoms with Crippen LogP contribution in [0.1, 0.15) is 21.8 Å². The van der Waals surface area contributed by atoms with Crippen molar-refractivity contribution in [2.24, 2.45) is 0 Å². The first kappa shape index (κ1) is 15.0. The topological polar surface area (TPSA) is 22.1 Å². The number of halogens is 3. The number of alkyl halides is 3. The minimum Gasteiger partial charge on any atom is -0.384 e. The molecule has 0 unspecified atom stereocenters. The molecule has 0 atom stereocenters. The Morgan fingerprint density at radius 2 is 2.10 bits per heavy atom. The van der Waals surface area contributed by atoms with E-state index in [9.17, 15) is 13.2 Å². The van der Waals surface area contributed by atoms with E-state index in [1.165, 1.54) is 23.5 Å². The third-order valence-electron chi connectivity index (χ3n) is 2.77. The Bertz CT molecular complexity index is 566. The average Bonchev–Trinajstić information content (AvgIpc) is 2.83. The van der Waals surface area contributed by atoms with Crippen LogP contribution in [0.3, 0.4) is 0 Å². The quantitative estimate of drug-likeness (QED) is 0.834. The van der Waals surface area contributed by atoms with Gasteiger partial charge in [0.05, 0.1) is 22.9 Å². The zero-order valence-electron chi connectivity index (χ0n) is 10.9. The molecule has 108 valence electrons. The van der Waals surface area contributed by atoms with Gasteiger partial charge in [0, 0.05) is 25.3 Å². The zero-order valence-corrected chi connectivity index (χ0v) is 11.7. The first-order valence-electron chi connectivity index (χ1n) is 6.07. The number of nitrogens with zero attached hydrogens (tertiary/aromatic N) is 1. The summed E-state index contributed by atoms with van der Waals surface area (Å²) in [6.45, 7) is 0.590. The number of ether oxygens (including phenoxy) is 1. The van der Waals surface area contributed by atoms with Gasteiger partial charge in [0.2, 0.25) is 0 Å². The van der Waals surface area contributed by atoms with Crippen molar-refractivity contribution in [1.29, 1.82) is 0 Å². The van der Waals surface area contributed by atoms with Gasteiger partial charge in [-0.05, 0) is 11.6 Å². The molecule has 0 aliphatic heterocycles. The largest absolute Gasteiger partial charge is 0.416 e. The van der Waals surface area contributed by atoms with Crippen LogP contribution in [0, 0.1) is 0 Å². The van der Waals surface area contributed by atoms with Crippen LogP contribution in [-0.4, -0.2) is 18.7 Å². The number of benzene rings is 1. The second kappa shape index (κ2) is 6.37. The normalized spacial score (nSPS) is 11.8. The predicted molar refractivity (Wildman–Crippen MR) is 71.9 cm³/mol. The van der Waals surface area contributed by atoms with Crippen LogP contribution in [0.2, 0.25) is 0 Å². The molecular formula is C14H14F3NOS. The molecule has 0 saturated carbocycles. The smallest absolute Gasteiger partial charge is 0.384 e. The summed E-state index contributed by atoms with van der Waals surface area (Å²) < 4.78 is 42.8. The molecule has 0 N–H and O–H groups in total. The van der Waals surface area contributed by atoms with Crippen LogP contribution in [0.4, 0.5) is 13.2 Å². The molecule has 0 saturated heterocycles. The lowest BCUT2D eigenvalue weighted by atomic mass is 10.1. The van der Waals surface area contributed by atoms with Gasteiger partial charge in [0.1, 0.15) is 0 Å². The Labute approximate surface area is 119 Å². The third kappa shape index (κ3) is 4.05. The van der Waals surface area contributed by atoms with E-state index in [4.69, 9.17) is 4.74 Å². The molecule has 6 heteroatoms. The highest BCUT2D eigenvalue weighted by Gasteiger charge is 2.30. The lowest BCUT2D eigenvalue weighted by molar-refractivity contribution is -0.137. The summed E-state index contributed by atoms with van der Waals surface area (Å²) in [5.41, 5.74) is 0.914. The van der Waals surface area contributed by atoms with Gasteiger partial charge in [0.15, 0.2) is 0 Å². The van der Waals surface area contributed by atoms with Crippen molar-refractivity contribution in [2.45, 2.75) is 19.0 Å². The number of thiazole rings is 1. The van der Waals surface area contributed by atoms with Gasteiger partial charge >= 0.3 is 6.18 Å². The van der Waals surface area contributed by atoms with E-state index in [-0.39, 0.29) is 0 Å². The van der Waals surface area contributed by atoms with Crippen molar-refractivity contribution in [3.05, 3.63) is 51.5 Å². The first-order chi connectivity index (χ1) is 9.49. The van der Waals surface area contributed by atoms with Crippen LogP contribution in [-0.2, 0) is 23.8 Å². The summed E-state index contributed by atoms with van der Waals surface area (Å²) in [5, 5.41) is 2.73. The highest BCUT2D eigenvalue weighted by molar-refractivity contribution is 7.09. The maximum absolute atomic E-state index is 12.6. The molecule has 1 aromatic carbocycles. The summed E-state index contributed by atoms with van der Waals surface area (Å²) in [6.07, 6.45) is -3.17. The van der Waals surface area contributed by atoms with Crippen LogP contribution >= 0.6 is 11.3 Å². The van der Waals surface area contributed by atoms with Crippen LogP contribution in [0.15, 0.2) is 29.6 Å². The van der Waals surface area contributed by atoms with E-state index in [2.05, 4.69) is 4.98 Å². The SMILES string of the molecule is COCCc1csc(Cc2cccc(C(F)(F)F)c2)n1. The van der Waals surface area contributed by atoms with Crippen molar-refractivity contribution in [3.63, 3.8) is 0 Å². The number of rotatable bonds is 5. The summed E-state index contributed by atoms with van der Waals surface area (Å²) >= 11 is 1.46. The fourth-order valence-electron chi connectivity index (χ4n) is 1.78. The highest BCUT2D eigenvalue weighted by Crippen LogP contribution is 2.30. The minimum atomic E-state index is -4.30. The van der Waals surface area contributed by atoms with Crippen LogP contribution in [0.25, 0.3) is 0 Å². The summed E-state index contributed by atoms with van der Waals surface area (Å²) in [7, 11) is 1.62. The molecule has 0 radical (unpaired) electrons. The third-order valence-corrected chi connectivity index (χ3v) is 3.67. The second-order valence-corrected chi connectivity index (χ2v) is 5.29. The molecule has 0 amide bonds. The van der Waals surface area contributed by atoms with Crippen molar-refractivity contribution in [2.75, 3.05) is 13.7 Å². The molecule has 20 heavy (non-hydrogen) atoms. The van der Waals surface area contributed by atoms with Crippen molar-refractivity contribution < 1.29 is 17.9 Å². The van der Waals surface area contributed by atoms with Crippen molar-refractivity contribution in [1.82, 2.24) is 4.98 Å². The molecule has 2 rings (SSSR count). The van der Waals surface area contributed by atoms with Gasteiger partial charge < -0.3 is 4.74 Å². The Morgan fingerprint density at radius 1 is 1.30 bits per heavy atom. The average molecular weight is 301 g/mol. The minimum absolute atomic E-state index is 0.418. The Morgan fingerprint density at radius 3 is 2.80 bits per heavy atom. The molecule has 0 aliphatic carbocycles. The molecule has 0 spiro atoms. The lowest BCUT2D eigenvalue weighted by Gasteiger charge is -2.07. The van der Waals surface area contributed by atoms with E-state index in [0.29, 0.717) is 18.6 Å². The van der Waals surface area contributed by atoms with Gasteiger partial charge in [-0.15, -0.1) is 11.3 Å². The van der Waals surface area contributed by atoms with Gasteiger partial charge in [-0.2, -0.15) is 13.2 Å². The first-order valence-corrected chi connectivity index (χ1v) is 6.95. The monoisotopic (exact) mass is 301 g/mol. The number of hydrogen-bond acceptors (Lipinski definition) is 3. The molecule has 1 aromatic heterocycles. The Kier molecular flexibility index (Phi) is 4.77. The number of aromatic nitrogens is 1. The molecule has 1 heterocycles. The molecule has 2 nitrogen and oxygen atoms in total. The number of methoxy groups -OCH3 is 1. The Balaban J connectivity index is 2.08. The summed E-state index contributed by atoms with van der Waals surface area (Å²) in [5.74, 6) is 0. The zero-order chi connectivity index (χ0) is 14.6. The summed E-state index contributed by atoms with van der Waals surface area (Å²) in [6, 6.07) is 5.37. The lowest BCUT2D eigenvalue weighted by Crippen LogP contribution is -2.05. The fraction of sp³-hybridized carbons (Fsp3) is 0.357. The van der Waals surface area contributed by atoms with Crippen LogP contribution in [0.5, 0.6) is 0 Å². The number of hydrogen-bond donors (Lipinski definition) is 0. The molecule has 0 fully saturated rings. The van der Waals surface area contributed by atoms with E-state index >= 15 is 0 Å². The van der Waals surface area contributed by atoms with Crippen molar-refractivity contribution >= 4 is 11.3 Å². The van der Waals surface area contributed by atoms with Crippen molar-refractivity contribution in [3.8, 4) is 0 Å². The van der Waals surface area contributed by atoms with Gasteiger partial charge in [0.25, 0.3) is 0 Å². The molecule has 0 bridgehead atoms. The van der Waals surface area contributed by atoms with Gasteiger partial charge in [-0.3, -0.25) is 0 Å².